The molecule has 0 amide bonds. The van der Waals surface area contributed by atoms with Gasteiger partial charge in [-0.2, -0.15) is 0 Å². The van der Waals surface area contributed by atoms with Crippen LogP contribution in [-0.4, -0.2) is 13.2 Å². The molecule has 0 saturated heterocycles. The van der Waals surface area contributed by atoms with Crippen LogP contribution in [0.2, 0.25) is 5.02 Å². The Balaban J connectivity index is 2.70. The topological polar surface area (TPSA) is 35.2 Å². The summed E-state index contributed by atoms with van der Waals surface area (Å²) < 4.78 is 18.0. The van der Waals surface area contributed by atoms with E-state index in [1.165, 1.54) is 12.1 Å². The second-order valence-electron chi connectivity index (χ2n) is 2.94. The van der Waals surface area contributed by atoms with E-state index in [2.05, 4.69) is 0 Å². The Morgan fingerprint density at radius 2 is 2.29 bits per heavy atom. The molecule has 78 valence electrons. The van der Waals surface area contributed by atoms with Gasteiger partial charge in [-0.25, -0.2) is 4.39 Å². The standard InChI is InChI=1S/C10H13ClFNO/c1-2-14-6-10(13)7-3-4-9(12)8(11)5-7/h3-5,10H,2,6,13H2,1H3. The molecule has 0 heterocycles. The van der Waals surface area contributed by atoms with Crippen LogP contribution in [-0.2, 0) is 4.74 Å². The maximum Gasteiger partial charge on any atom is 0.141 e. The summed E-state index contributed by atoms with van der Waals surface area (Å²) in [7, 11) is 0. The molecule has 1 unspecified atom stereocenters. The van der Waals surface area contributed by atoms with Gasteiger partial charge in [0, 0.05) is 6.61 Å². The van der Waals surface area contributed by atoms with Gasteiger partial charge in [-0.1, -0.05) is 17.7 Å². The number of nitrogens with two attached hydrogens (primary N) is 1. The molecule has 4 heteroatoms. The van der Waals surface area contributed by atoms with Gasteiger partial charge in [0.25, 0.3) is 0 Å². The van der Waals surface area contributed by atoms with E-state index in [1.54, 1.807) is 6.07 Å². The number of halogens is 2. The zero-order valence-electron chi connectivity index (χ0n) is 7.97. The van der Waals surface area contributed by atoms with Crippen LogP contribution in [0.1, 0.15) is 18.5 Å². The third-order valence-electron chi connectivity index (χ3n) is 1.87. The van der Waals surface area contributed by atoms with Crippen molar-refractivity contribution in [1.82, 2.24) is 0 Å². The van der Waals surface area contributed by atoms with Crippen molar-refractivity contribution in [3.05, 3.63) is 34.6 Å². The second-order valence-corrected chi connectivity index (χ2v) is 3.35. The molecule has 0 aliphatic carbocycles. The van der Waals surface area contributed by atoms with Crippen LogP contribution < -0.4 is 5.73 Å². The first-order chi connectivity index (χ1) is 6.65. The molecular weight excluding hydrogens is 205 g/mol. The van der Waals surface area contributed by atoms with Crippen molar-refractivity contribution in [3.63, 3.8) is 0 Å². The van der Waals surface area contributed by atoms with E-state index >= 15 is 0 Å². The van der Waals surface area contributed by atoms with Crippen LogP contribution in [0.25, 0.3) is 0 Å². The lowest BCUT2D eigenvalue weighted by atomic mass is 10.1. The van der Waals surface area contributed by atoms with E-state index in [0.29, 0.717) is 13.2 Å². The molecule has 0 spiro atoms. The minimum atomic E-state index is -0.431. The van der Waals surface area contributed by atoms with Crippen LogP contribution in [0.4, 0.5) is 4.39 Å². The normalized spacial score (nSPS) is 12.9. The highest BCUT2D eigenvalue weighted by Crippen LogP contribution is 2.19. The highest BCUT2D eigenvalue weighted by Gasteiger charge is 2.08. The van der Waals surface area contributed by atoms with E-state index in [1.807, 2.05) is 6.92 Å². The van der Waals surface area contributed by atoms with Crippen LogP contribution in [0.3, 0.4) is 0 Å². The lowest BCUT2D eigenvalue weighted by Gasteiger charge is -2.12. The van der Waals surface area contributed by atoms with Crippen LogP contribution in [0.5, 0.6) is 0 Å². The van der Waals surface area contributed by atoms with Gasteiger partial charge in [0.05, 0.1) is 17.7 Å². The number of hydrogen-bond acceptors (Lipinski definition) is 2. The molecule has 0 fully saturated rings. The fourth-order valence-electron chi connectivity index (χ4n) is 1.08. The van der Waals surface area contributed by atoms with E-state index in [-0.39, 0.29) is 11.1 Å². The molecule has 0 saturated carbocycles. The summed E-state index contributed by atoms with van der Waals surface area (Å²) in [6.45, 7) is 2.92. The molecule has 0 aliphatic heterocycles. The first kappa shape index (κ1) is 11.4. The summed E-state index contributed by atoms with van der Waals surface area (Å²) in [6.07, 6.45) is 0. The smallest absolute Gasteiger partial charge is 0.141 e. The van der Waals surface area contributed by atoms with Crippen molar-refractivity contribution in [2.24, 2.45) is 5.73 Å². The van der Waals surface area contributed by atoms with E-state index in [4.69, 9.17) is 22.1 Å². The minimum absolute atomic E-state index is 0.0921. The molecule has 1 aromatic carbocycles. The molecule has 0 bridgehead atoms. The van der Waals surface area contributed by atoms with Gasteiger partial charge in [0.15, 0.2) is 0 Å². The van der Waals surface area contributed by atoms with Gasteiger partial charge in [-0.3, -0.25) is 0 Å². The Kier molecular flexibility index (Phi) is 4.32. The molecule has 1 atom stereocenters. The van der Waals surface area contributed by atoms with E-state index in [0.717, 1.165) is 5.56 Å². The maximum absolute atomic E-state index is 12.8. The maximum atomic E-state index is 12.8. The Bertz CT molecular complexity index is 306. The molecule has 0 aromatic heterocycles. The Hall–Kier alpha value is -0.640. The second kappa shape index (κ2) is 5.29. The lowest BCUT2D eigenvalue weighted by Crippen LogP contribution is -2.17. The molecular formula is C10H13ClFNO. The predicted molar refractivity (Wildman–Crippen MR) is 54.8 cm³/mol. The minimum Gasteiger partial charge on any atom is -0.380 e. The molecule has 0 radical (unpaired) electrons. The van der Waals surface area contributed by atoms with Gasteiger partial charge in [0.1, 0.15) is 5.82 Å². The van der Waals surface area contributed by atoms with Gasteiger partial charge in [-0.05, 0) is 24.6 Å². The largest absolute Gasteiger partial charge is 0.380 e. The Morgan fingerprint density at radius 1 is 1.57 bits per heavy atom. The summed E-state index contributed by atoms with van der Waals surface area (Å²) in [5.41, 5.74) is 6.58. The van der Waals surface area contributed by atoms with Crippen molar-refractivity contribution < 1.29 is 9.13 Å². The van der Waals surface area contributed by atoms with Crippen LogP contribution in [0.15, 0.2) is 18.2 Å². The molecule has 2 nitrogen and oxygen atoms in total. The molecule has 0 aliphatic rings. The van der Waals surface area contributed by atoms with Crippen molar-refractivity contribution in [1.29, 1.82) is 0 Å². The zero-order valence-corrected chi connectivity index (χ0v) is 8.72. The lowest BCUT2D eigenvalue weighted by molar-refractivity contribution is 0.133. The average molecular weight is 218 g/mol. The highest BCUT2D eigenvalue weighted by atomic mass is 35.5. The van der Waals surface area contributed by atoms with Crippen molar-refractivity contribution in [2.45, 2.75) is 13.0 Å². The van der Waals surface area contributed by atoms with Gasteiger partial charge in [0.2, 0.25) is 0 Å². The third kappa shape index (κ3) is 2.94. The Morgan fingerprint density at radius 3 is 2.86 bits per heavy atom. The molecule has 2 N–H and O–H groups in total. The van der Waals surface area contributed by atoms with Crippen LogP contribution in [0, 0.1) is 5.82 Å². The zero-order chi connectivity index (χ0) is 10.6. The van der Waals surface area contributed by atoms with E-state index < -0.39 is 5.82 Å². The Labute approximate surface area is 87.8 Å². The van der Waals surface area contributed by atoms with Crippen molar-refractivity contribution >= 4 is 11.6 Å². The molecule has 1 aromatic rings. The summed E-state index contributed by atoms with van der Waals surface area (Å²) in [6, 6.07) is 4.20. The molecule has 1 rings (SSSR count). The summed E-state index contributed by atoms with van der Waals surface area (Å²) in [4.78, 5) is 0. The first-order valence-electron chi connectivity index (χ1n) is 4.43. The van der Waals surface area contributed by atoms with Crippen molar-refractivity contribution in [3.8, 4) is 0 Å². The first-order valence-corrected chi connectivity index (χ1v) is 4.81. The highest BCUT2D eigenvalue weighted by molar-refractivity contribution is 6.30. The van der Waals surface area contributed by atoms with Gasteiger partial charge < -0.3 is 10.5 Å². The number of ether oxygens (including phenoxy) is 1. The van der Waals surface area contributed by atoms with Gasteiger partial charge >= 0.3 is 0 Å². The number of hydrogen-bond donors (Lipinski definition) is 1. The van der Waals surface area contributed by atoms with E-state index in [9.17, 15) is 4.39 Å². The molecule has 14 heavy (non-hydrogen) atoms. The summed E-state index contributed by atoms with van der Waals surface area (Å²) in [5, 5.41) is 0.0921. The number of benzene rings is 1. The average Bonchev–Trinajstić information content (AvgIpc) is 2.18. The fraction of sp³-hybridized carbons (Fsp3) is 0.400. The number of rotatable bonds is 4. The fourth-order valence-corrected chi connectivity index (χ4v) is 1.27. The van der Waals surface area contributed by atoms with Gasteiger partial charge in [-0.15, -0.1) is 0 Å². The predicted octanol–water partition coefficient (Wildman–Crippen LogP) is 2.52. The third-order valence-corrected chi connectivity index (χ3v) is 2.16. The summed E-state index contributed by atoms with van der Waals surface area (Å²) >= 11 is 5.62. The SMILES string of the molecule is CCOCC(N)c1ccc(F)c(Cl)c1. The quantitative estimate of drug-likeness (QED) is 0.841. The van der Waals surface area contributed by atoms with Crippen LogP contribution >= 0.6 is 11.6 Å². The van der Waals surface area contributed by atoms with Crippen molar-refractivity contribution in [2.75, 3.05) is 13.2 Å². The summed E-state index contributed by atoms with van der Waals surface area (Å²) in [5.74, 6) is -0.431. The monoisotopic (exact) mass is 217 g/mol.